The highest BCUT2D eigenvalue weighted by Gasteiger charge is 2.40. The van der Waals surface area contributed by atoms with E-state index in [1.54, 1.807) is 24.3 Å². The monoisotopic (exact) mass is 489 g/mol. The molecule has 0 saturated carbocycles. The van der Waals surface area contributed by atoms with Gasteiger partial charge in [0.1, 0.15) is 5.75 Å². The summed E-state index contributed by atoms with van der Waals surface area (Å²) in [5, 5.41) is -0.504. The first-order valence-corrected chi connectivity index (χ1v) is 11.8. The number of imide groups is 1. The number of esters is 1. The van der Waals surface area contributed by atoms with Crippen molar-refractivity contribution in [2.24, 2.45) is 0 Å². The molecule has 0 aliphatic carbocycles. The van der Waals surface area contributed by atoms with E-state index in [1.807, 2.05) is 31.2 Å². The number of thioether (sulfide) groups is 1. The zero-order chi connectivity index (χ0) is 24.9. The van der Waals surface area contributed by atoms with Gasteiger partial charge in [0.15, 0.2) is 6.61 Å². The number of carbonyl (C=O) groups is 4. The Morgan fingerprint density at radius 2 is 1.66 bits per heavy atom. The number of para-hydroxylation sites is 1. The third-order valence-electron chi connectivity index (χ3n) is 5.51. The minimum atomic E-state index is -0.688. The maximum atomic E-state index is 12.9. The standard InChI is InChI=1S/C27H23NO6S/c1-17-7-13-20(14-8-17)35-24-15-25(30)28(26(24)31)19-11-9-18(10-12-19)27(32)34-16-22(29)21-5-3-4-6-23(21)33-2/h3-14,24H,15-16H2,1-2H3. The third-order valence-corrected chi connectivity index (χ3v) is 6.70. The molecule has 3 aromatic carbocycles. The molecular formula is C27H23NO6S. The number of hydrogen-bond donors (Lipinski definition) is 0. The maximum absolute atomic E-state index is 12.9. The molecule has 1 aliphatic rings. The number of aryl methyl sites for hydroxylation is 1. The lowest BCUT2D eigenvalue weighted by molar-refractivity contribution is -0.121. The summed E-state index contributed by atoms with van der Waals surface area (Å²) in [6, 6.07) is 20.4. The fourth-order valence-corrected chi connectivity index (χ4v) is 4.72. The number of methoxy groups -OCH3 is 1. The average molecular weight is 490 g/mol. The minimum Gasteiger partial charge on any atom is -0.496 e. The number of ketones is 1. The Bertz CT molecular complexity index is 1270. The Kier molecular flexibility index (Phi) is 7.31. The highest BCUT2D eigenvalue weighted by atomic mass is 32.2. The topological polar surface area (TPSA) is 90.0 Å². The van der Waals surface area contributed by atoms with Gasteiger partial charge in [-0.15, -0.1) is 11.8 Å². The number of carbonyl (C=O) groups excluding carboxylic acids is 4. The van der Waals surface area contributed by atoms with Gasteiger partial charge in [-0.1, -0.05) is 29.8 Å². The molecule has 2 amide bonds. The van der Waals surface area contributed by atoms with Gasteiger partial charge < -0.3 is 9.47 Å². The second kappa shape index (κ2) is 10.6. The van der Waals surface area contributed by atoms with Crippen LogP contribution in [0.2, 0.25) is 0 Å². The number of nitrogens with zero attached hydrogens (tertiary/aromatic N) is 1. The van der Waals surface area contributed by atoms with Crippen molar-refractivity contribution in [3.05, 3.63) is 89.5 Å². The van der Waals surface area contributed by atoms with E-state index in [4.69, 9.17) is 9.47 Å². The normalized spacial score (nSPS) is 15.3. The molecule has 4 rings (SSSR count). The lowest BCUT2D eigenvalue weighted by Gasteiger charge is -2.15. The van der Waals surface area contributed by atoms with Gasteiger partial charge in [-0.3, -0.25) is 14.4 Å². The van der Waals surface area contributed by atoms with Gasteiger partial charge in [0.25, 0.3) is 0 Å². The summed E-state index contributed by atoms with van der Waals surface area (Å²) in [5.41, 5.74) is 2.02. The van der Waals surface area contributed by atoms with Gasteiger partial charge in [-0.25, -0.2) is 9.69 Å². The van der Waals surface area contributed by atoms with E-state index in [2.05, 4.69) is 0 Å². The first-order valence-electron chi connectivity index (χ1n) is 10.9. The minimum absolute atomic E-state index is 0.103. The molecule has 0 N–H and O–H groups in total. The largest absolute Gasteiger partial charge is 0.496 e. The Morgan fingerprint density at radius 3 is 2.34 bits per heavy atom. The quantitative estimate of drug-likeness (QED) is 0.262. The number of hydrogen-bond acceptors (Lipinski definition) is 7. The fourth-order valence-electron chi connectivity index (χ4n) is 3.66. The van der Waals surface area contributed by atoms with E-state index in [0.717, 1.165) is 15.4 Å². The van der Waals surface area contributed by atoms with Crippen molar-refractivity contribution in [1.82, 2.24) is 0 Å². The molecular weight excluding hydrogens is 466 g/mol. The summed E-state index contributed by atoms with van der Waals surface area (Å²) in [6.07, 6.45) is 0.103. The Hall–Kier alpha value is -3.91. The second-order valence-corrected chi connectivity index (χ2v) is 9.21. The summed E-state index contributed by atoms with van der Waals surface area (Å²) in [5.74, 6) is -1.27. The van der Waals surface area contributed by atoms with E-state index in [9.17, 15) is 19.2 Å². The van der Waals surface area contributed by atoms with Crippen LogP contribution in [0.15, 0.2) is 77.7 Å². The molecule has 7 nitrogen and oxygen atoms in total. The SMILES string of the molecule is COc1ccccc1C(=O)COC(=O)c1ccc(N2C(=O)CC(Sc3ccc(C)cc3)C2=O)cc1. The van der Waals surface area contributed by atoms with Crippen molar-refractivity contribution in [3.63, 3.8) is 0 Å². The molecule has 1 saturated heterocycles. The van der Waals surface area contributed by atoms with Crippen LogP contribution in [0, 0.1) is 6.92 Å². The van der Waals surface area contributed by atoms with Gasteiger partial charge in [-0.2, -0.15) is 0 Å². The molecule has 0 aromatic heterocycles. The number of benzene rings is 3. The van der Waals surface area contributed by atoms with Crippen molar-refractivity contribution in [2.45, 2.75) is 23.5 Å². The second-order valence-electron chi connectivity index (χ2n) is 7.94. The van der Waals surface area contributed by atoms with Crippen LogP contribution in [0.1, 0.15) is 32.7 Å². The molecule has 1 fully saturated rings. The van der Waals surface area contributed by atoms with Crippen molar-refractivity contribution in [1.29, 1.82) is 0 Å². The summed E-state index contributed by atoms with van der Waals surface area (Å²) >= 11 is 1.36. The van der Waals surface area contributed by atoms with E-state index >= 15 is 0 Å². The Morgan fingerprint density at radius 1 is 0.971 bits per heavy atom. The van der Waals surface area contributed by atoms with E-state index in [-0.39, 0.29) is 23.8 Å². The molecule has 3 aromatic rings. The Labute approximate surface area is 207 Å². The predicted octanol–water partition coefficient (Wildman–Crippen LogP) is 4.47. The molecule has 0 bridgehead atoms. The number of rotatable bonds is 8. The predicted molar refractivity (Wildman–Crippen MR) is 132 cm³/mol. The summed E-state index contributed by atoms with van der Waals surface area (Å²) < 4.78 is 10.3. The highest BCUT2D eigenvalue weighted by molar-refractivity contribution is 8.00. The summed E-state index contributed by atoms with van der Waals surface area (Å²) in [6.45, 7) is 1.54. The van der Waals surface area contributed by atoms with Crippen LogP contribution < -0.4 is 9.64 Å². The first kappa shape index (κ1) is 24.2. The molecule has 0 spiro atoms. The van der Waals surface area contributed by atoms with Crippen LogP contribution in [0.4, 0.5) is 5.69 Å². The lowest BCUT2D eigenvalue weighted by Crippen LogP contribution is -2.31. The number of anilines is 1. The van der Waals surface area contributed by atoms with Gasteiger partial charge in [0.05, 0.1) is 29.2 Å². The number of ether oxygens (including phenoxy) is 2. The first-order chi connectivity index (χ1) is 16.9. The Balaban J connectivity index is 1.38. The number of amides is 2. The molecule has 1 unspecified atom stereocenters. The fraction of sp³-hybridized carbons (Fsp3) is 0.185. The molecule has 178 valence electrons. The zero-order valence-electron chi connectivity index (χ0n) is 19.2. The molecule has 1 atom stereocenters. The van der Waals surface area contributed by atoms with E-state index in [0.29, 0.717) is 17.0 Å². The van der Waals surface area contributed by atoms with Crippen LogP contribution in [0.3, 0.4) is 0 Å². The van der Waals surface area contributed by atoms with Gasteiger partial charge in [0.2, 0.25) is 17.6 Å². The van der Waals surface area contributed by atoms with Gasteiger partial charge in [0, 0.05) is 11.3 Å². The van der Waals surface area contributed by atoms with Crippen LogP contribution in [0.5, 0.6) is 5.75 Å². The van der Waals surface area contributed by atoms with Gasteiger partial charge in [-0.05, 0) is 55.5 Å². The molecule has 1 heterocycles. The van der Waals surface area contributed by atoms with Gasteiger partial charge >= 0.3 is 5.97 Å². The maximum Gasteiger partial charge on any atom is 0.338 e. The van der Waals surface area contributed by atoms with E-state index < -0.39 is 23.6 Å². The van der Waals surface area contributed by atoms with Crippen molar-refractivity contribution in [2.75, 3.05) is 18.6 Å². The average Bonchev–Trinajstić information content (AvgIpc) is 3.16. The summed E-state index contributed by atoms with van der Waals surface area (Å²) in [7, 11) is 1.46. The van der Waals surface area contributed by atoms with E-state index in [1.165, 1.54) is 43.1 Å². The van der Waals surface area contributed by atoms with Crippen molar-refractivity contribution in [3.8, 4) is 5.75 Å². The van der Waals surface area contributed by atoms with Crippen LogP contribution >= 0.6 is 11.8 Å². The molecule has 1 aliphatic heterocycles. The van der Waals surface area contributed by atoms with Crippen LogP contribution in [0.25, 0.3) is 0 Å². The molecule has 0 radical (unpaired) electrons. The van der Waals surface area contributed by atoms with Crippen molar-refractivity contribution < 1.29 is 28.7 Å². The number of Topliss-reactive ketones (excluding diaryl/α,β-unsaturated/α-hetero) is 1. The molecule has 8 heteroatoms. The van der Waals surface area contributed by atoms with Crippen molar-refractivity contribution >= 4 is 41.0 Å². The highest BCUT2D eigenvalue weighted by Crippen LogP contribution is 2.34. The van der Waals surface area contributed by atoms with Crippen LogP contribution in [-0.2, 0) is 14.3 Å². The third kappa shape index (κ3) is 5.44. The lowest BCUT2D eigenvalue weighted by atomic mass is 10.1. The van der Waals surface area contributed by atoms with Crippen LogP contribution in [-0.4, -0.2) is 42.5 Å². The zero-order valence-corrected chi connectivity index (χ0v) is 20.0. The smallest absolute Gasteiger partial charge is 0.338 e. The molecule has 35 heavy (non-hydrogen) atoms. The summed E-state index contributed by atoms with van der Waals surface area (Å²) in [4.78, 5) is 52.4.